The molecule has 0 radical (unpaired) electrons. The van der Waals surface area contributed by atoms with Crippen molar-refractivity contribution < 1.29 is 4.39 Å². The maximum atomic E-state index is 13.2. The Morgan fingerprint density at radius 2 is 2.06 bits per heavy atom. The van der Waals surface area contributed by atoms with Crippen molar-refractivity contribution in [3.63, 3.8) is 0 Å². The van der Waals surface area contributed by atoms with Crippen molar-refractivity contribution in [1.29, 1.82) is 0 Å². The van der Waals surface area contributed by atoms with Crippen LogP contribution in [0.4, 0.5) is 4.39 Å². The van der Waals surface area contributed by atoms with E-state index in [-0.39, 0.29) is 11.9 Å². The Morgan fingerprint density at radius 3 is 2.62 bits per heavy atom. The highest BCUT2D eigenvalue weighted by Gasteiger charge is 2.12. The molecular formula is C12H11BrFNS. The summed E-state index contributed by atoms with van der Waals surface area (Å²) in [5, 5.41) is 0. The second-order valence-corrected chi connectivity index (χ2v) is 5.86. The highest BCUT2D eigenvalue weighted by atomic mass is 79.9. The summed E-state index contributed by atoms with van der Waals surface area (Å²) in [4.78, 5) is 2.26. The fraction of sp³-hybridized carbons (Fsp3) is 0.167. The fourth-order valence-electron chi connectivity index (χ4n) is 1.54. The molecule has 2 rings (SSSR count). The first kappa shape index (κ1) is 11.8. The van der Waals surface area contributed by atoms with Gasteiger partial charge in [-0.15, -0.1) is 11.3 Å². The maximum Gasteiger partial charge on any atom is 0.124 e. The Hall–Kier alpha value is -0.710. The summed E-state index contributed by atoms with van der Waals surface area (Å²) >= 11 is 4.91. The zero-order chi connectivity index (χ0) is 11.7. The third-order valence-corrected chi connectivity index (χ3v) is 3.85. The van der Waals surface area contributed by atoms with Gasteiger partial charge in [0.1, 0.15) is 5.82 Å². The molecular weight excluding hydrogens is 289 g/mol. The molecule has 0 spiro atoms. The number of rotatable bonds is 2. The highest BCUT2D eigenvalue weighted by molar-refractivity contribution is 9.10. The van der Waals surface area contributed by atoms with Crippen LogP contribution in [0, 0.1) is 12.7 Å². The lowest BCUT2D eigenvalue weighted by molar-refractivity contribution is 0.623. The van der Waals surface area contributed by atoms with Crippen LogP contribution in [0.25, 0.3) is 0 Å². The molecule has 1 nitrogen and oxygen atoms in total. The number of aryl methyl sites for hydroxylation is 1. The van der Waals surface area contributed by atoms with Crippen molar-refractivity contribution in [1.82, 2.24) is 0 Å². The van der Waals surface area contributed by atoms with Gasteiger partial charge in [-0.1, -0.05) is 15.9 Å². The number of nitrogens with two attached hydrogens (primary N) is 1. The van der Waals surface area contributed by atoms with Gasteiger partial charge in [0.2, 0.25) is 0 Å². The van der Waals surface area contributed by atoms with E-state index in [9.17, 15) is 4.39 Å². The third kappa shape index (κ3) is 2.51. The number of benzene rings is 1. The first-order chi connectivity index (χ1) is 7.56. The van der Waals surface area contributed by atoms with Gasteiger partial charge >= 0.3 is 0 Å². The molecule has 0 bridgehead atoms. The van der Waals surface area contributed by atoms with Crippen LogP contribution in [-0.2, 0) is 0 Å². The molecule has 1 atom stereocenters. The number of hydrogen-bond acceptors (Lipinski definition) is 2. The smallest absolute Gasteiger partial charge is 0.124 e. The quantitative estimate of drug-likeness (QED) is 0.891. The average molecular weight is 300 g/mol. The van der Waals surface area contributed by atoms with E-state index < -0.39 is 0 Å². The molecule has 0 aliphatic carbocycles. The molecule has 16 heavy (non-hydrogen) atoms. The van der Waals surface area contributed by atoms with Gasteiger partial charge in [0.25, 0.3) is 0 Å². The van der Waals surface area contributed by atoms with Crippen molar-refractivity contribution in [3.8, 4) is 0 Å². The number of halogens is 2. The molecule has 4 heteroatoms. The second-order valence-electron chi connectivity index (χ2n) is 3.63. The Balaban J connectivity index is 2.37. The highest BCUT2D eigenvalue weighted by Crippen LogP contribution is 2.28. The molecule has 84 valence electrons. The zero-order valence-corrected chi connectivity index (χ0v) is 11.1. The molecule has 1 aromatic carbocycles. The van der Waals surface area contributed by atoms with E-state index in [1.807, 2.05) is 25.1 Å². The van der Waals surface area contributed by atoms with Crippen molar-refractivity contribution in [3.05, 3.63) is 55.9 Å². The largest absolute Gasteiger partial charge is 0.320 e. The monoisotopic (exact) mass is 299 g/mol. The summed E-state index contributed by atoms with van der Waals surface area (Å²) in [5.41, 5.74) is 6.88. The number of hydrogen-bond donors (Lipinski definition) is 1. The molecule has 1 aromatic heterocycles. The predicted molar refractivity (Wildman–Crippen MR) is 69.2 cm³/mol. The Kier molecular flexibility index (Phi) is 3.42. The first-order valence-corrected chi connectivity index (χ1v) is 6.45. The Morgan fingerprint density at radius 1 is 1.31 bits per heavy atom. The van der Waals surface area contributed by atoms with Gasteiger partial charge in [-0.05, 0) is 42.8 Å². The van der Waals surface area contributed by atoms with Gasteiger partial charge in [-0.2, -0.15) is 0 Å². The van der Waals surface area contributed by atoms with Gasteiger partial charge in [-0.25, -0.2) is 4.39 Å². The van der Waals surface area contributed by atoms with Crippen LogP contribution in [-0.4, -0.2) is 0 Å². The van der Waals surface area contributed by atoms with Gasteiger partial charge in [0.15, 0.2) is 0 Å². The van der Waals surface area contributed by atoms with E-state index in [0.717, 1.165) is 10.4 Å². The van der Waals surface area contributed by atoms with Crippen molar-refractivity contribution >= 4 is 27.3 Å². The summed E-state index contributed by atoms with van der Waals surface area (Å²) in [7, 11) is 0. The summed E-state index contributed by atoms with van der Waals surface area (Å²) < 4.78 is 13.9. The van der Waals surface area contributed by atoms with Crippen LogP contribution >= 0.6 is 27.3 Å². The topological polar surface area (TPSA) is 26.0 Å². The van der Waals surface area contributed by atoms with Crippen LogP contribution in [0.5, 0.6) is 0 Å². The molecule has 0 amide bonds. The van der Waals surface area contributed by atoms with E-state index in [2.05, 4.69) is 15.9 Å². The van der Waals surface area contributed by atoms with Gasteiger partial charge in [-0.3, -0.25) is 0 Å². The predicted octanol–water partition coefficient (Wildman–Crippen LogP) is 4.01. The van der Waals surface area contributed by atoms with Crippen LogP contribution in [0.2, 0.25) is 0 Å². The molecule has 0 saturated carbocycles. The Labute approximate surface area is 106 Å². The minimum absolute atomic E-state index is 0.259. The molecule has 0 fully saturated rings. The summed E-state index contributed by atoms with van der Waals surface area (Å²) in [6.45, 7) is 2.03. The van der Waals surface area contributed by atoms with E-state index in [0.29, 0.717) is 4.47 Å². The van der Waals surface area contributed by atoms with E-state index >= 15 is 0 Å². The lowest BCUT2D eigenvalue weighted by Gasteiger charge is -2.10. The molecule has 1 heterocycles. The molecule has 2 N–H and O–H groups in total. The van der Waals surface area contributed by atoms with Gasteiger partial charge < -0.3 is 5.73 Å². The minimum atomic E-state index is -0.270. The minimum Gasteiger partial charge on any atom is -0.320 e. The normalized spacial score (nSPS) is 12.8. The molecule has 0 aliphatic rings. The molecule has 0 aliphatic heterocycles. The fourth-order valence-corrected chi connectivity index (χ4v) is 2.93. The van der Waals surface area contributed by atoms with E-state index in [1.54, 1.807) is 11.3 Å². The zero-order valence-electron chi connectivity index (χ0n) is 8.71. The van der Waals surface area contributed by atoms with E-state index in [1.165, 1.54) is 17.0 Å². The van der Waals surface area contributed by atoms with Crippen molar-refractivity contribution in [2.24, 2.45) is 5.73 Å². The second kappa shape index (κ2) is 4.65. The van der Waals surface area contributed by atoms with Gasteiger partial charge in [0.05, 0.1) is 6.04 Å². The SMILES string of the molecule is Cc1ccc(C(N)c2cc(F)cc(Br)c2)s1. The lowest BCUT2D eigenvalue weighted by Crippen LogP contribution is -2.10. The van der Waals surface area contributed by atoms with Crippen LogP contribution < -0.4 is 5.73 Å². The van der Waals surface area contributed by atoms with Gasteiger partial charge in [0, 0.05) is 14.2 Å². The first-order valence-electron chi connectivity index (χ1n) is 4.84. The van der Waals surface area contributed by atoms with Crippen molar-refractivity contribution in [2.75, 3.05) is 0 Å². The summed E-state index contributed by atoms with van der Waals surface area (Å²) in [5.74, 6) is -0.270. The van der Waals surface area contributed by atoms with E-state index in [4.69, 9.17) is 5.73 Å². The molecule has 2 aromatic rings. The average Bonchev–Trinajstić information content (AvgIpc) is 2.62. The standard InChI is InChI=1S/C12H11BrFNS/c1-7-2-3-11(16-7)12(15)8-4-9(13)6-10(14)5-8/h2-6,12H,15H2,1H3. The number of thiophene rings is 1. The maximum absolute atomic E-state index is 13.2. The van der Waals surface area contributed by atoms with Crippen molar-refractivity contribution in [2.45, 2.75) is 13.0 Å². The van der Waals surface area contributed by atoms with Crippen LogP contribution in [0.1, 0.15) is 21.4 Å². The van der Waals surface area contributed by atoms with Crippen LogP contribution in [0.3, 0.4) is 0 Å². The lowest BCUT2D eigenvalue weighted by atomic mass is 10.1. The van der Waals surface area contributed by atoms with Crippen LogP contribution in [0.15, 0.2) is 34.8 Å². The summed E-state index contributed by atoms with van der Waals surface area (Å²) in [6.07, 6.45) is 0. The third-order valence-electron chi connectivity index (χ3n) is 2.31. The summed E-state index contributed by atoms with van der Waals surface area (Å²) in [6, 6.07) is 8.51. The Bertz CT molecular complexity index is 489. The molecule has 0 saturated heterocycles. The molecule has 1 unspecified atom stereocenters.